The van der Waals surface area contributed by atoms with Gasteiger partial charge in [-0.1, -0.05) is 391 Å². The smallest absolute Gasteiger partial charge is 0.305 e. The van der Waals surface area contributed by atoms with Gasteiger partial charge in [-0.3, -0.25) is 9.59 Å². The first kappa shape index (κ1) is 82.3. The topological polar surface area (TPSA) is 95.9 Å². The maximum Gasteiger partial charge on any atom is 0.305 e. The highest BCUT2D eigenvalue weighted by Gasteiger charge is 2.18. The molecular weight excluding hydrogens is 1030 g/mol. The summed E-state index contributed by atoms with van der Waals surface area (Å²) >= 11 is 0. The van der Waals surface area contributed by atoms with Crippen molar-refractivity contribution in [1.82, 2.24) is 5.32 Å². The number of ether oxygens (including phenoxy) is 1. The highest BCUT2D eigenvalue weighted by atomic mass is 16.5. The molecule has 0 radical (unpaired) electrons. The summed E-state index contributed by atoms with van der Waals surface area (Å²) in [5.74, 6) is -0.0424. The van der Waals surface area contributed by atoms with Crippen molar-refractivity contribution < 1.29 is 24.5 Å². The van der Waals surface area contributed by atoms with Gasteiger partial charge in [0.15, 0.2) is 0 Å². The predicted octanol–water partition coefficient (Wildman–Crippen LogP) is 25.3. The third-order valence-electron chi connectivity index (χ3n) is 18.2. The first-order chi connectivity index (χ1) is 41.5. The van der Waals surface area contributed by atoms with Crippen LogP contribution < -0.4 is 5.32 Å². The van der Waals surface area contributed by atoms with Crippen LogP contribution in [0.2, 0.25) is 0 Å². The Morgan fingerprint density at radius 1 is 0.321 bits per heavy atom. The maximum absolute atomic E-state index is 12.5. The third kappa shape index (κ3) is 69.4. The minimum Gasteiger partial charge on any atom is -0.466 e. The number of amides is 1. The number of nitrogens with one attached hydrogen (secondary N) is 1. The van der Waals surface area contributed by atoms with Crippen molar-refractivity contribution in [3.63, 3.8) is 0 Å². The van der Waals surface area contributed by atoms with Gasteiger partial charge in [0.2, 0.25) is 5.91 Å². The number of aliphatic hydroxyl groups excluding tert-OH is 2. The van der Waals surface area contributed by atoms with Crippen molar-refractivity contribution in [2.45, 2.75) is 450 Å². The summed E-state index contributed by atoms with van der Waals surface area (Å²) in [4.78, 5) is 24.7. The highest BCUT2D eigenvalue weighted by molar-refractivity contribution is 5.76. The Bertz CT molecular complexity index is 1320. The summed E-state index contributed by atoms with van der Waals surface area (Å²) in [5.41, 5.74) is 0. The van der Waals surface area contributed by atoms with Gasteiger partial charge in [0, 0.05) is 12.8 Å². The van der Waals surface area contributed by atoms with Gasteiger partial charge < -0.3 is 20.3 Å². The van der Waals surface area contributed by atoms with E-state index >= 15 is 0 Å². The number of hydrogen-bond acceptors (Lipinski definition) is 5. The van der Waals surface area contributed by atoms with Crippen LogP contribution in [0.15, 0.2) is 24.3 Å². The molecule has 0 aliphatic rings. The minimum absolute atomic E-state index is 0.0209. The molecule has 0 saturated carbocycles. The molecule has 0 spiro atoms. The van der Waals surface area contributed by atoms with Crippen LogP contribution in [0, 0.1) is 0 Å². The highest BCUT2D eigenvalue weighted by Crippen LogP contribution is 2.19. The Morgan fingerprint density at radius 3 is 0.845 bits per heavy atom. The van der Waals surface area contributed by atoms with E-state index in [0.717, 1.165) is 38.5 Å². The molecule has 2 unspecified atom stereocenters. The summed E-state index contributed by atoms with van der Waals surface area (Å²) in [6.45, 7) is 4.96. The molecule has 2 atom stereocenters. The van der Waals surface area contributed by atoms with Crippen LogP contribution in [0.5, 0.6) is 0 Å². The zero-order chi connectivity index (χ0) is 60.6. The van der Waals surface area contributed by atoms with E-state index in [1.165, 1.54) is 372 Å². The van der Waals surface area contributed by atoms with Crippen LogP contribution in [0.4, 0.5) is 0 Å². The Morgan fingerprint density at radius 2 is 0.560 bits per heavy atom. The van der Waals surface area contributed by atoms with Gasteiger partial charge in [0.25, 0.3) is 0 Å². The van der Waals surface area contributed by atoms with Gasteiger partial charge >= 0.3 is 5.97 Å². The Labute approximate surface area is 526 Å². The van der Waals surface area contributed by atoms with Crippen molar-refractivity contribution in [2.24, 2.45) is 0 Å². The number of rotatable bonds is 73. The number of allylic oxidation sites excluding steroid dienone is 3. The van der Waals surface area contributed by atoms with Crippen LogP contribution >= 0.6 is 0 Å². The molecule has 6 heteroatoms. The van der Waals surface area contributed by atoms with E-state index in [9.17, 15) is 19.8 Å². The molecule has 1 amide bonds. The maximum atomic E-state index is 12.5. The number of hydrogen-bond donors (Lipinski definition) is 3. The lowest BCUT2D eigenvalue weighted by Gasteiger charge is -2.20. The van der Waals surface area contributed by atoms with E-state index in [0.29, 0.717) is 19.4 Å². The summed E-state index contributed by atoms with van der Waals surface area (Å²) in [6.07, 6.45) is 94.3. The summed E-state index contributed by atoms with van der Waals surface area (Å²) in [6, 6.07) is -0.629. The molecule has 6 nitrogen and oxygen atoms in total. The molecule has 0 aliphatic heterocycles. The second kappa shape index (κ2) is 73.8. The fraction of sp³-hybridized carbons (Fsp3) is 0.923. The Balaban J connectivity index is 3.38. The number of carbonyl (C=O) groups is 2. The molecule has 0 heterocycles. The van der Waals surface area contributed by atoms with E-state index in [2.05, 4.69) is 31.3 Å². The normalized spacial score (nSPS) is 12.6. The largest absolute Gasteiger partial charge is 0.466 e. The fourth-order valence-electron chi connectivity index (χ4n) is 12.3. The number of unbranched alkanes of at least 4 members (excludes halogenated alkanes) is 60. The summed E-state index contributed by atoms with van der Waals surface area (Å²) in [7, 11) is 0. The quantitative estimate of drug-likeness (QED) is 0.0320. The van der Waals surface area contributed by atoms with Gasteiger partial charge in [-0.2, -0.15) is 0 Å². The van der Waals surface area contributed by atoms with Crippen molar-refractivity contribution in [3.8, 4) is 0 Å². The molecule has 498 valence electrons. The molecule has 0 aromatic rings. The lowest BCUT2D eigenvalue weighted by molar-refractivity contribution is -0.143. The number of aliphatic hydroxyl groups is 2. The van der Waals surface area contributed by atoms with Crippen LogP contribution in [0.25, 0.3) is 0 Å². The zero-order valence-electron chi connectivity index (χ0n) is 57.2. The average molecular weight is 1180 g/mol. The fourth-order valence-corrected chi connectivity index (χ4v) is 12.3. The van der Waals surface area contributed by atoms with Crippen molar-refractivity contribution in [1.29, 1.82) is 0 Å². The second-order valence-electron chi connectivity index (χ2n) is 26.7. The number of esters is 1. The van der Waals surface area contributed by atoms with Gasteiger partial charge in [-0.25, -0.2) is 0 Å². The van der Waals surface area contributed by atoms with E-state index in [-0.39, 0.29) is 18.5 Å². The lowest BCUT2D eigenvalue weighted by atomic mass is 10.0. The van der Waals surface area contributed by atoms with Gasteiger partial charge in [0.05, 0.1) is 25.4 Å². The molecule has 0 fully saturated rings. The molecular formula is C78H151NO5. The Hall–Kier alpha value is -1.66. The second-order valence-corrected chi connectivity index (χ2v) is 26.7. The molecule has 0 bridgehead atoms. The SMILES string of the molecule is CCCCCCCCCCCCCCCCCCCCC/C=C/C(O)C(CO)NC(=O)CCCCCCCCCCCCCC/C=C\CCCCCCCCCCCCCCOC(=O)CCCCCCCCCCCCCCCCCCCC. The van der Waals surface area contributed by atoms with Crippen LogP contribution in [-0.4, -0.2) is 47.4 Å². The Kier molecular flexibility index (Phi) is 72.3. The standard InChI is InChI=1S/C78H151NO5/c1-3-5-7-9-11-13-15-17-19-21-23-32-35-38-42-46-50-54-58-62-66-70-76(81)75(74-80)79-77(82)71-67-63-59-55-51-47-43-39-36-33-30-28-26-24-25-27-29-31-34-37-41-45-49-53-57-61-65-69-73-84-78(83)72-68-64-60-56-52-48-44-40-22-20-18-16-14-12-10-8-6-4-2/h24-25,66,70,75-76,80-81H,3-23,26-65,67-69,71-74H2,1-2H3,(H,79,82)/b25-24-,70-66+. The molecule has 3 N–H and O–H groups in total. The van der Waals surface area contributed by atoms with E-state index in [1.54, 1.807) is 6.08 Å². The van der Waals surface area contributed by atoms with Crippen molar-refractivity contribution in [2.75, 3.05) is 13.2 Å². The monoisotopic (exact) mass is 1180 g/mol. The first-order valence-electron chi connectivity index (χ1n) is 38.6. The molecule has 0 saturated heterocycles. The number of carbonyl (C=O) groups excluding carboxylic acids is 2. The molecule has 0 rings (SSSR count). The van der Waals surface area contributed by atoms with Gasteiger partial charge in [-0.15, -0.1) is 0 Å². The summed E-state index contributed by atoms with van der Waals surface area (Å²) in [5, 5.41) is 23.3. The molecule has 0 aromatic carbocycles. The summed E-state index contributed by atoms with van der Waals surface area (Å²) < 4.78 is 5.51. The van der Waals surface area contributed by atoms with E-state index in [4.69, 9.17) is 4.74 Å². The van der Waals surface area contributed by atoms with Crippen LogP contribution in [-0.2, 0) is 14.3 Å². The minimum atomic E-state index is -0.845. The average Bonchev–Trinajstić information content (AvgIpc) is 3.51. The van der Waals surface area contributed by atoms with Crippen LogP contribution in [0.3, 0.4) is 0 Å². The van der Waals surface area contributed by atoms with Gasteiger partial charge in [0.1, 0.15) is 0 Å². The van der Waals surface area contributed by atoms with Crippen molar-refractivity contribution in [3.05, 3.63) is 24.3 Å². The third-order valence-corrected chi connectivity index (χ3v) is 18.2. The van der Waals surface area contributed by atoms with Crippen LogP contribution in [0.1, 0.15) is 438 Å². The lowest BCUT2D eigenvalue weighted by Crippen LogP contribution is -2.45. The molecule has 84 heavy (non-hydrogen) atoms. The molecule has 0 aliphatic carbocycles. The van der Waals surface area contributed by atoms with E-state index < -0.39 is 12.1 Å². The van der Waals surface area contributed by atoms with E-state index in [1.807, 2.05) is 6.08 Å². The first-order valence-corrected chi connectivity index (χ1v) is 38.6. The molecule has 0 aromatic heterocycles. The van der Waals surface area contributed by atoms with Crippen molar-refractivity contribution >= 4 is 11.9 Å². The van der Waals surface area contributed by atoms with Gasteiger partial charge in [-0.05, 0) is 57.8 Å². The predicted molar refractivity (Wildman–Crippen MR) is 370 cm³/mol. The zero-order valence-corrected chi connectivity index (χ0v) is 57.2.